The maximum absolute atomic E-state index is 11.4. The lowest BCUT2D eigenvalue weighted by Crippen LogP contribution is -2.37. The van der Waals surface area contributed by atoms with Crippen LogP contribution < -0.4 is 5.32 Å². The molecule has 20 heavy (non-hydrogen) atoms. The molecule has 1 aromatic carbocycles. The fourth-order valence-corrected chi connectivity index (χ4v) is 1.59. The number of hydrogen-bond acceptors (Lipinski definition) is 3. The highest BCUT2D eigenvalue weighted by Crippen LogP contribution is 2.11. The second-order valence-corrected chi connectivity index (χ2v) is 4.85. The lowest BCUT2D eigenvalue weighted by molar-refractivity contribution is -0.123. The Kier molecular flexibility index (Phi) is 11.1. The number of hydrogen-bond donors (Lipinski definition) is 2. The van der Waals surface area contributed by atoms with Gasteiger partial charge in [0.1, 0.15) is 0 Å². The fourth-order valence-electron chi connectivity index (χ4n) is 1.46. The minimum absolute atomic E-state index is 0.0875. The molecule has 0 fully saturated rings. The lowest BCUT2D eigenvalue weighted by Gasteiger charge is -2.18. The molecule has 0 radical (unpaired) electrons. The number of benzene rings is 1. The highest BCUT2D eigenvalue weighted by molar-refractivity contribution is 6.30. The highest BCUT2D eigenvalue weighted by atomic mass is 35.5. The molecule has 0 atom stereocenters. The SMILES string of the molecule is CCC.CCNC(=O)CN(CO)Cc1ccc(Cl)cc1. The van der Waals surface area contributed by atoms with Crippen LogP contribution in [0.1, 0.15) is 32.8 Å². The molecule has 0 spiro atoms. The first kappa shape index (κ1) is 18.9. The molecule has 1 aromatic rings. The van der Waals surface area contributed by atoms with E-state index in [-0.39, 0.29) is 19.2 Å². The number of likely N-dealkylation sites (N-methyl/N-ethyl adjacent to an activating group) is 1. The van der Waals surface area contributed by atoms with Crippen LogP contribution in [-0.4, -0.2) is 35.7 Å². The quantitative estimate of drug-likeness (QED) is 0.794. The van der Waals surface area contributed by atoms with E-state index < -0.39 is 0 Å². The summed E-state index contributed by atoms with van der Waals surface area (Å²) in [5.41, 5.74) is 1.01. The van der Waals surface area contributed by atoms with Crippen molar-refractivity contribution in [3.63, 3.8) is 0 Å². The Labute approximate surface area is 126 Å². The first-order valence-corrected chi connectivity index (χ1v) is 7.29. The molecule has 1 rings (SSSR count). The van der Waals surface area contributed by atoms with E-state index in [1.165, 1.54) is 6.42 Å². The van der Waals surface area contributed by atoms with Gasteiger partial charge in [-0.2, -0.15) is 0 Å². The molecule has 0 aromatic heterocycles. The van der Waals surface area contributed by atoms with Crippen LogP contribution >= 0.6 is 11.6 Å². The van der Waals surface area contributed by atoms with Gasteiger partial charge in [0.15, 0.2) is 0 Å². The van der Waals surface area contributed by atoms with E-state index in [0.29, 0.717) is 18.1 Å². The van der Waals surface area contributed by atoms with Crippen molar-refractivity contribution in [2.75, 3.05) is 19.8 Å². The maximum Gasteiger partial charge on any atom is 0.234 e. The standard InChI is InChI=1S/C12H17ClN2O2.C3H8/c1-2-14-12(17)8-15(9-16)7-10-3-5-11(13)6-4-10;1-3-2/h3-6,16H,2,7-9H2,1H3,(H,14,17);3H2,1-2H3. The van der Waals surface area contributed by atoms with Crippen molar-refractivity contribution in [3.05, 3.63) is 34.9 Å². The van der Waals surface area contributed by atoms with Gasteiger partial charge >= 0.3 is 0 Å². The number of rotatable bonds is 6. The van der Waals surface area contributed by atoms with Gasteiger partial charge in [-0.3, -0.25) is 9.69 Å². The van der Waals surface area contributed by atoms with Crippen molar-refractivity contribution in [2.45, 2.75) is 33.7 Å². The zero-order chi connectivity index (χ0) is 15.4. The van der Waals surface area contributed by atoms with E-state index >= 15 is 0 Å². The van der Waals surface area contributed by atoms with Crippen LogP contribution in [0.2, 0.25) is 5.02 Å². The fraction of sp³-hybridized carbons (Fsp3) is 0.533. The maximum atomic E-state index is 11.4. The van der Waals surface area contributed by atoms with Gasteiger partial charge < -0.3 is 10.4 Å². The van der Waals surface area contributed by atoms with Gasteiger partial charge in [-0.05, 0) is 24.6 Å². The summed E-state index contributed by atoms with van der Waals surface area (Å²) in [4.78, 5) is 13.0. The average molecular weight is 301 g/mol. The van der Waals surface area contributed by atoms with Crippen LogP contribution in [0.3, 0.4) is 0 Å². The van der Waals surface area contributed by atoms with Crippen LogP contribution in [0.25, 0.3) is 0 Å². The van der Waals surface area contributed by atoms with Crippen molar-refractivity contribution in [3.8, 4) is 0 Å². The highest BCUT2D eigenvalue weighted by Gasteiger charge is 2.09. The molecule has 0 saturated carbocycles. The van der Waals surface area contributed by atoms with Gasteiger partial charge in [0.05, 0.1) is 13.3 Å². The summed E-state index contributed by atoms with van der Waals surface area (Å²) >= 11 is 5.78. The molecule has 0 bridgehead atoms. The second-order valence-electron chi connectivity index (χ2n) is 4.42. The molecular weight excluding hydrogens is 276 g/mol. The van der Waals surface area contributed by atoms with Crippen LogP contribution in [0.4, 0.5) is 0 Å². The molecule has 0 aliphatic carbocycles. The first-order valence-electron chi connectivity index (χ1n) is 6.91. The third-order valence-corrected chi connectivity index (χ3v) is 2.51. The summed E-state index contributed by atoms with van der Waals surface area (Å²) in [5, 5.41) is 12.5. The summed E-state index contributed by atoms with van der Waals surface area (Å²) in [6, 6.07) is 7.34. The van der Waals surface area contributed by atoms with Crippen molar-refractivity contribution in [1.82, 2.24) is 10.2 Å². The van der Waals surface area contributed by atoms with Crippen LogP contribution in [0.15, 0.2) is 24.3 Å². The van der Waals surface area contributed by atoms with E-state index in [0.717, 1.165) is 5.56 Å². The number of halogens is 1. The average Bonchev–Trinajstić information content (AvgIpc) is 2.41. The van der Waals surface area contributed by atoms with Gasteiger partial charge in [0, 0.05) is 18.1 Å². The third kappa shape index (κ3) is 8.91. The first-order chi connectivity index (χ1) is 9.57. The molecule has 0 aliphatic heterocycles. The molecular formula is C15H25ClN2O2. The number of carbonyl (C=O) groups excluding carboxylic acids is 1. The number of aliphatic hydroxyl groups excluding tert-OH is 1. The van der Waals surface area contributed by atoms with Crippen LogP contribution in [-0.2, 0) is 11.3 Å². The molecule has 0 unspecified atom stereocenters. The summed E-state index contributed by atoms with van der Waals surface area (Å²) in [6.45, 7) is 7.26. The molecule has 5 heteroatoms. The predicted octanol–water partition coefficient (Wildman–Crippen LogP) is 2.64. The van der Waals surface area contributed by atoms with E-state index in [9.17, 15) is 9.90 Å². The Morgan fingerprint density at radius 2 is 1.80 bits per heavy atom. The largest absolute Gasteiger partial charge is 0.381 e. The molecule has 2 N–H and O–H groups in total. The van der Waals surface area contributed by atoms with Crippen molar-refractivity contribution in [2.24, 2.45) is 0 Å². The smallest absolute Gasteiger partial charge is 0.234 e. The van der Waals surface area contributed by atoms with Gasteiger partial charge in [0.25, 0.3) is 0 Å². The van der Waals surface area contributed by atoms with Crippen molar-refractivity contribution < 1.29 is 9.90 Å². The minimum atomic E-state index is -0.153. The molecule has 0 aliphatic rings. The Morgan fingerprint density at radius 1 is 1.25 bits per heavy atom. The Bertz CT molecular complexity index is 369. The van der Waals surface area contributed by atoms with Crippen molar-refractivity contribution >= 4 is 17.5 Å². The number of nitrogens with zero attached hydrogens (tertiary/aromatic N) is 1. The van der Waals surface area contributed by atoms with E-state index in [2.05, 4.69) is 19.2 Å². The molecule has 114 valence electrons. The summed E-state index contributed by atoms with van der Waals surface area (Å²) in [5.74, 6) is -0.0875. The Morgan fingerprint density at radius 3 is 2.25 bits per heavy atom. The molecule has 0 heterocycles. The normalized spacial score (nSPS) is 9.90. The van der Waals surface area contributed by atoms with Crippen molar-refractivity contribution in [1.29, 1.82) is 0 Å². The van der Waals surface area contributed by atoms with Gasteiger partial charge in [-0.15, -0.1) is 0 Å². The number of aliphatic hydroxyl groups is 1. The number of amides is 1. The summed E-state index contributed by atoms with van der Waals surface area (Å²) < 4.78 is 0. The summed E-state index contributed by atoms with van der Waals surface area (Å²) in [6.07, 6.45) is 1.25. The monoisotopic (exact) mass is 300 g/mol. The number of nitrogens with one attached hydrogen (secondary N) is 1. The molecule has 4 nitrogen and oxygen atoms in total. The molecule has 0 saturated heterocycles. The predicted molar refractivity (Wildman–Crippen MR) is 83.6 cm³/mol. The Balaban J connectivity index is 0.00000110. The third-order valence-electron chi connectivity index (χ3n) is 2.26. The second kappa shape index (κ2) is 11.7. The van der Waals surface area contributed by atoms with Crippen LogP contribution in [0, 0.1) is 0 Å². The topological polar surface area (TPSA) is 52.6 Å². The Hall–Kier alpha value is -1.10. The van der Waals surface area contributed by atoms with E-state index in [4.69, 9.17) is 11.6 Å². The zero-order valence-corrected chi connectivity index (χ0v) is 13.3. The zero-order valence-electron chi connectivity index (χ0n) is 12.5. The summed E-state index contributed by atoms with van der Waals surface area (Å²) in [7, 11) is 0. The van der Waals surface area contributed by atoms with Gasteiger partial charge in [-0.1, -0.05) is 44.0 Å². The van der Waals surface area contributed by atoms with E-state index in [1.807, 2.05) is 19.1 Å². The van der Waals surface area contributed by atoms with Crippen LogP contribution in [0.5, 0.6) is 0 Å². The molecule has 1 amide bonds. The minimum Gasteiger partial charge on any atom is -0.381 e. The number of carbonyl (C=O) groups is 1. The van der Waals surface area contributed by atoms with Gasteiger partial charge in [0.2, 0.25) is 5.91 Å². The lowest BCUT2D eigenvalue weighted by atomic mass is 10.2. The van der Waals surface area contributed by atoms with Gasteiger partial charge in [-0.25, -0.2) is 0 Å². The van der Waals surface area contributed by atoms with E-state index in [1.54, 1.807) is 17.0 Å².